The van der Waals surface area contributed by atoms with Crippen LogP contribution in [0, 0.1) is 6.92 Å². The quantitative estimate of drug-likeness (QED) is 0.428. The molecule has 0 atom stereocenters. The molecule has 0 bridgehead atoms. The number of halogens is 1. The topological polar surface area (TPSA) is 93.7 Å². The van der Waals surface area contributed by atoms with Gasteiger partial charge in [0, 0.05) is 17.5 Å². The maximum atomic E-state index is 12.3. The Morgan fingerprint density at radius 2 is 1.90 bits per heavy atom. The average Bonchev–Trinajstić information content (AvgIpc) is 3.55. The first-order valence-electron chi connectivity index (χ1n) is 10.2. The molecule has 7 nitrogen and oxygen atoms in total. The molecule has 31 heavy (non-hydrogen) atoms. The monoisotopic (exact) mass is 444 g/mol. The number of hydrogen-bond acceptors (Lipinski definition) is 5. The van der Waals surface area contributed by atoms with Crippen LogP contribution in [0.5, 0.6) is 5.75 Å². The first-order chi connectivity index (χ1) is 14.9. The molecule has 2 N–H and O–H groups in total. The Kier molecular flexibility index (Phi) is 7.89. The lowest BCUT2D eigenvalue weighted by atomic mass is 10.1. The number of anilines is 1. The van der Waals surface area contributed by atoms with Gasteiger partial charge in [-0.15, -0.1) is 0 Å². The SMILES string of the molecule is Cc1cc(Cl)ccc1OCCCC(=O)OCC(=O)Nc1ccccc1C(=O)NC1CC1. The molecule has 1 saturated carbocycles. The van der Waals surface area contributed by atoms with E-state index in [-0.39, 0.29) is 18.4 Å². The summed E-state index contributed by atoms with van der Waals surface area (Å²) in [6, 6.07) is 12.3. The minimum Gasteiger partial charge on any atom is -0.493 e. The average molecular weight is 445 g/mol. The van der Waals surface area contributed by atoms with Gasteiger partial charge >= 0.3 is 5.97 Å². The van der Waals surface area contributed by atoms with Gasteiger partial charge < -0.3 is 20.1 Å². The Balaban J connectivity index is 1.37. The van der Waals surface area contributed by atoms with Crippen LogP contribution in [0.1, 0.15) is 41.6 Å². The predicted octanol–water partition coefficient (Wildman–Crippen LogP) is 3.88. The molecule has 0 heterocycles. The Labute approximate surface area is 186 Å². The number of amides is 2. The van der Waals surface area contributed by atoms with E-state index < -0.39 is 18.5 Å². The molecule has 164 valence electrons. The molecule has 1 fully saturated rings. The fourth-order valence-corrected chi connectivity index (χ4v) is 3.09. The van der Waals surface area contributed by atoms with Crippen LogP contribution in [0.25, 0.3) is 0 Å². The fourth-order valence-electron chi connectivity index (χ4n) is 2.86. The highest BCUT2D eigenvalue weighted by Gasteiger charge is 2.25. The van der Waals surface area contributed by atoms with Gasteiger partial charge in [0.25, 0.3) is 11.8 Å². The van der Waals surface area contributed by atoms with Crippen molar-refractivity contribution in [3.63, 3.8) is 0 Å². The van der Waals surface area contributed by atoms with Gasteiger partial charge in [0.1, 0.15) is 5.75 Å². The van der Waals surface area contributed by atoms with Gasteiger partial charge in [-0.25, -0.2) is 0 Å². The molecule has 1 aliphatic carbocycles. The Morgan fingerprint density at radius 1 is 1.13 bits per heavy atom. The number of nitrogens with one attached hydrogen (secondary N) is 2. The second kappa shape index (κ2) is 10.8. The molecule has 0 aliphatic heterocycles. The Hall–Kier alpha value is -3.06. The number of rotatable bonds is 10. The van der Waals surface area contributed by atoms with Crippen LogP contribution < -0.4 is 15.4 Å². The van der Waals surface area contributed by atoms with E-state index in [0.29, 0.717) is 35.1 Å². The number of carbonyl (C=O) groups excluding carboxylic acids is 3. The second-order valence-electron chi connectivity index (χ2n) is 7.36. The van der Waals surface area contributed by atoms with Crippen molar-refractivity contribution < 1.29 is 23.9 Å². The molecule has 0 radical (unpaired) electrons. The van der Waals surface area contributed by atoms with Crippen LogP contribution in [0.15, 0.2) is 42.5 Å². The highest BCUT2D eigenvalue weighted by Crippen LogP contribution is 2.22. The van der Waals surface area contributed by atoms with Crippen molar-refractivity contribution in [3.05, 3.63) is 58.6 Å². The predicted molar refractivity (Wildman–Crippen MR) is 117 cm³/mol. The lowest BCUT2D eigenvalue weighted by molar-refractivity contribution is -0.147. The summed E-state index contributed by atoms with van der Waals surface area (Å²) in [4.78, 5) is 36.3. The van der Waals surface area contributed by atoms with Gasteiger partial charge in [-0.3, -0.25) is 14.4 Å². The number of hydrogen-bond donors (Lipinski definition) is 2. The number of ether oxygens (including phenoxy) is 2. The number of benzene rings is 2. The summed E-state index contributed by atoms with van der Waals surface area (Å²) in [5.41, 5.74) is 1.68. The maximum absolute atomic E-state index is 12.3. The van der Waals surface area contributed by atoms with Crippen LogP contribution in [0.3, 0.4) is 0 Å². The van der Waals surface area contributed by atoms with Gasteiger partial charge in [-0.1, -0.05) is 23.7 Å². The second-order valence-corrected chi connectivity index (χ2v) is 7.80. The van der Waals surface area contributed by atoms with Crippen molar-refractivity contribution in [2.24, 2.45) is 0 Å². The van der Waals surface area contributed by atoms with Crippen molar-refractivity contribution in [2.45, 2.75) is 38.6 Å². The highest BCUT2D eigenvalue weighted by molar-refractivity contribution is 6.30. The van der Waals surface area contributed by atoms with Crippen molar-refractivity contribution in [1.82, 2.24) is 5.32 Å². The maximum Gasteiger partial charge on any atom is 0.306 e. The zero-order valence-electron chi connectivity index (χ0n) is 17.3. The zero-order chi connectivity index (χ0) is 22.2. The summed E-state index contributed by atoms with van der Waals surface area (Å²) >= 11 is 5.91. The minimum atomic E-state index is -0.506. The van der Waals surface area contributed by atoms with E-state index in [9.17, 15) is 14.4 Å². The van der Waals surface area contributed by atoms with Gasteiger partial charge in [-0.2, -0.15) is 0 Å². The van der Waals surface area contributed by atoms with E-state index in [0.717, 1.165) is 18.4 Å². The van der Waals surface area contributed by atoms with Gasteiger partial charge in [0.05, 0.1) is 17.9 Å². The smallest absolute Gasteiger partial charge is 0.306 e. The van der Waals surface area contributed by atoms with Crippen LogP contribution in [0.2, 0.25) is 5.02 Å². The van der Waals surface area contributed by atoms with Gasteiger partial charge in [0.15, 0.2) is 6.61 Å². The third kappa shape index (κ3) is 7.29. The number of carbonyl (C=O) groups is 3. The Bertz CT molecular complexity index is 959. The van der Waals surface area contributed by atoms with E-state index in [4.69, 9.17) is 21.1 Å². The molecular formula is C23H25ClN2O5. The summed E-state index contributed by atoms with van der Waals surface area (Å²) in [7, 11) is 0. The van der Waals surface area contributed by atoms with Crippen LogP contribution in [0.4, 0.5) is 5.69 Å². The number of aryl methyl sites for hydroxylation is 1. The number of esters is 1. The standard InChI is InChI=1S/C23H25ClN2O5/c1-15-13-16(24)8-11-20(15)30-12-4-7-22(28)31-14-21(27)26-19-6-3-2-5-18(19)23(29)25-17-9-10-17/h2-3,5-6,8,11,13,17H,4,7,9-10,12,14H2,1H3,(H,25,29)(H,26,27). The lowest BCUT2D eigenvalue weighted by Crippen LogP contribution is -2.28. The van der Waals surface area contributed by atoms with Crippen LogP contribution in [-0.4, -0.2) is 37.0 Å². The summed E-state index contributed by atoms with van der Waals surface area (Å²) in [6.07, 6.45) is 2.52. The molecule has 0 saturated heterocycles. The van der Waals surface area contributed by atoms with E-state index in [2.05, 4.69) is 10.6 Å². The molecule has 8 heteroatoms. The molecule has 2 amide bonds. The van der Waals surface area contributed by atoms with E-state index in [1.807, 2.05) is 6.92 Å². The summed E-state index contributed by atoms with van der Waals surface area (Å²) in [5.74, 6) is -0.521. The van der Waals surface area contributed by atoms with Crippen molar-refractivity contribution in [3.8, 4) is 5.75 Å². The van der Waals surface area contributed by atoms with Gasteiger partial charge in [-0.05, 0) is 62.1 Å². The molecule has 3 rings (SSSR count). The summed E-state index contributed by atoms with van der Waals surface area (Å²) < 4.78 is 10.6. The van der Waals surface area contributed by atoms with E-state index in [1.165, 1.54) is 0 Å². The number of para-hydroxylation sites is 1. The largest absolute Gasteiger partial charge is 0.493 e. The molecule has 0 spiro atoms. The third-order valence-electron chi connectivity index (χ3n) is 4.64. The molecule has 2 aromatic carbocycles. The third-order valence-corrected chi connectivity index (χ3v) is 4.88. The molecule has 2 aromatic rings. The molecular weight excluding hydrogens is 420 g/mol. The first kappa shape index (κ1) is 22.6. The van der Waals surface area contributed by atoms with Crippen molar-refractivity contribution >= 4 is 35.1 Å². The summed E-state index contributed by atoms with van der Waals surface area (Å²) in [6.45, 7) is 1.81. The summed E-state index contributed by atoms with van der Waals surface area (Å²) in [5, 5.41) is 6.15. The van der Waals surface area contributed by atoms with Crippen LogP contribution in [-0.2, 0) is 14.3 Å². The van der Waals surface area contributed by atoms with Crippen LogP contribution >= 0.6 is 11.6 Å². The van der Waals surface area contributed by atoms with E-state index in [1.54, 1.807) is 42.5 Å². The lowest BCUT2D eigenvalue weighted by Gasteiger charge is -2.11. The molecule has 1 aliphatic rings. The van der Waals surface area contributed by atoms with Crippen molar-refractivity contribution in [1.29, 1.82) is 0 Å². The minimum absolute atomic E-state index is 0.125. The van der Waals surface area contributed by atoms with Gasteiger partial charge in [0.2, 0.25) is 0 Å². The first-order valence-corrected chi connectivity index (χ1v) is 10.5. The molecule has 0 aromatic heterocycles. The molecule has 0 unspecified atom stereocenters. The Morgan fingerprint density at radius 3 is 2.65 bits per heavy atom. The normalized spacial score (nSPS) is 12.7. The zero-order valence-corrected chi connectivity index (χ0v) is 18.0. The van der Waals surface area contributed by atoms with Crippen molar-refractivity contribution in [2.75, 3.05) is 18.5 Å². The van der Waals surface area contributed by atoms with E-state index >= 15 is 0 Å². The highest BCUT2D eigenvalue weighted by atomic mass is 35.5. The fraction of sp³-hybridized carbons (Fsp3) is 0.348.